The fourth-order valence-electron chi connectivity index (χ4n) is 1.43. The molecule has 0 amide bonds. The molecule has 0 heterocycles. The third-order valence-corrected chi connectivity index (χ3v) is 2.89. The molecule has 0 radical (unpaired) electrons. The number of rotatable bonds is 3. The van der Waals surface area contributed by atoms with Crippen LogP contribution in [0, 0.1) is 6.92 Å². The first-order chi connectivity index (χ1) is 8.19. The van der Waals surface area contributed by atoms with Crippen LogP contribution in [0.4, 0.5) is 0 Å². The summed E-state index contributed by atoms with van der Waals surface area (Å²) in [6.45, 7) is 1.99. The van der Waals surface area contributed by atoms with Gasteiger partial charge in [0, 0.05) is 10.0 Å². The smallest absolute Gasteiger partial charge is 0.150 e. The van der Waals surface area contributed by atoms with Gasteiger partial charge in [-0.3, -0.25) is 4.79 Å². The molecule has 0 N–H and O–H groups in total. The molecule has 2 aromatic carbocycles. The minimum atomic E-state index is 0.642. The molecule has 17 heavy (non-hydrogen) atoms. The van der Waals surface area contributed by atoms with Gasteiger partial charge < -0.3 is 4.74 Å². The number of hydrogen-bond acceptors (Lipinski definition) is 2. The standard InChI is InChI=1S/C14H11BrO2/c1-10-2-5-12(15)8-14(10)17-13-6-3-11(9-16)4-7-13/h2-9H,1H3. The van der Waals surface area contributed by atoms with Crippen molar-refractivity contribution in [2.45, 2.75) is 6.92 Å². The van der Waals surface area contributed by atoms with E-state index < -0.39 is 0 Å². The maximum absolute atomic E-state index is 10.5. The van der Waals surface area contributed by atoms with Gasteiger partial charge in [0.25, 0.3) is 0 Å². The Balaban J connectivity index is 2.24. The van der Waals surface area contributed by atoms with Gasteiger partial charge in [0.2, 0.25) is 0 Å². The van der Waals surface area contributed by atoms with Crippen LogP contribution in [-0.4, -0.2) is 6.29 Å². The molecular weight excluding hydrogens is 280 g/mol. The second kappa shape index (κ2) is 5.15. The van der Waals surface area contributed by atoms with E-state index in [9.17, 15) is 4.79 Å². The van der Waals surface area contributed by atoms with Crippen molar-refractivity contribution in [2.24, 2.45) is 0 Å². The fraction of sp³-hybridized carbons (Fsp3) is 0.0714. The van der Waals surface area contributed by atoms with Crippen molar-refractivity contribution in [3.63, 3.8) is 0 Å². The predicted octanol–water partition coefficient (Wildman–Crippen LogP) is 4.36. The maximum atomic E-state index is 10.5. The number of carbonyl (C=O) groups is 1. The first-order valence-electron chi connectivity index (χ1n) is 5.18. The highest BCUT2D eigenvalue weighted by atomic mass is 79.9. The summed E-state index contributed by atoms with van der Waals surface area (Å²) in [5.41, 5.74) is 1.70. The molecule has 86 valence electrons. The highest BCUT2D eigenvalue weighted by molar-refractivity contribution is 9.10. The van der Waals surface area contributed by atoms with Crippen LogP contribution in [-0.2, 0) is 0 Å². The molecule has 2 rings (SSSR count). The van der Waals surface area contributed by atoms with Crippen LogP contribution in [0.15, 0.2) is 46.9 Å². The van der Waals surface area contributed by atoms with Crippen LogP contribution < -0.4 is 4.74 Å². The van der Waals surface area contributed by atoms with Gasteiger partial charge in [0.1, 0.15) is 17.8 Å². The highest BCUT2D eigenvalue weighted by Crippen LogP contribution is 2.28. The van der Waals surface area contributed by atoms with Gasteiger partial charge in [-0.15, -0.1) is 0 Å². The fourth-order valence-corrected chi connectivity index (χ4v) is 1.77. The summed E-state index contributed by atoms with van der Waals surface area (Å²) in [5, 5.41) is 0. The average molecular weight is 291 g/mol. The van der Waals surface area contributed by atoms with Gasteiger partial charge >= 0.3 is 0 Å². The van der Waals surface area contributed by atoms with E-state index in [-0.39, 0.29) is 0 Å². The molecule has 0 aromatic heterocycles. The molecular formula is C14H11BrO2. The largest absolute Gasteiger partial charge is 0.457 e. The first-order valence-corrected chi connectivity index (χ1v) is 5.97. The van der Waals surface area contributed by atoms with Gasteiger partial charge in [-0.2, -0.15) is 0 Å². The number of carbonyl (C=O) groups excluding carboxylic acids is 1. The molecule has 0 aliphatic rings. The SMILES string of the molecule is Cc1ccc(Br)cc1Oc1ccc(C=O)cc1. The Bertz CT molecular complexity index is 532. The van der Waals surface area contributed by atoms with Crippen molar-refractivity contribution in [2.75, 3.05) is 0 Å². The lowest BCUT2D eigenvalue weighted by Crippen LogP contribution is -1.88. The number of hydrogen-bond donors (Lipinski definition) is 0. The predicted molar refractivity (Wildman–Crippen MR) is 70.8 cm³/mol. The number of aryl methyl sites for hydroxylation is 1. The van der Waals surface area contributed by atoms with E-state index >= 15 is 0 Å². The lowest BCUT2D eigenvalue weighted by molar-refractivity contribution is 0.112. The van der Waals surface area contributed by atoms with E-state index in [0.29, 0.717) is 5.56 Å². The monoisotopic (exact) mass is 290 g/mol. The normalized spacial score (nSPS) is 10.0. The summed E-state index contributed by atoms with van der Waals surface area (Å²) >= 11 is 3.41. The molecule has 3 heteroatoms. The van der Waals surface area contributed by atoms with E-state index in [1.165, 1.54) is 0 Å². The van der Waals surface area contributed by atoms with Crippen LogP contribution in [0.2, 0.25) is 0 Å². The molecule has 0 atom stereocenters. The minimum Gasteiger partial charge on any atom is -0.457 e. The van der Waals surface area contributed by atoms with Crippen LogP contribution in [0.25, 0.3) is 0 Å². The van der Waals surface area contributed by atoms with Crippen molar-refractivity contribution in [3.8, 4) is 11.5 Å². The van der Waals surface area contributed by atoms with Gasteiger partial charge in [-0.25, -0.2) is 0 Å². The summed E-state index contributed by atoms with van der Waals surface area (Å²) in [6.07, 6.45) is 0.814. The van der Waals surface area contributed by atoms with Gasteiger partial charge in [0.05, 0.1) is 0 Å². The quantitative estimate of drug-likeness (QED) is 0.785. The van der Waals surface area contributed by atoms with Crippen LogP contribution >= 0.6 is 15.9 Å². The summed E-state index contributed by atoms with van der Waals surface area (Å²) in [4.78, 5) is 10.5. The zero-order valence-corrected chi connectivity index (χ0v) is 10.9. The molecule has 0 aliphatic heterocycles. The maximum Gasteiger partial charge on any atom is 0.150 e. The second-order valence-electron chi connectivity index (χ2n) is 3.70. The molecule has 0 spiro atoms. The Labute approximate surface area is 108 Å². The Hall–Kier alpha value is -1.61. The van der Waals surface area contributed by atoms with Gasteiger partial charge in [-0.05, 0) is 48.9 Å². The minimum absolute atomic E-state index is 0.642. The summed E-state index contributed by atoms with van der Waals surface area (Å²) in [5.74, 6) is 1.52. The number of aldehydes is 1. The van der Waals surface area contributed by atoms with E-state index in [1.807, 2.05) is 25.1 Å². The molecule has 0 bridgehead atoms. The summed E-state index contributed by atoms with van der Waals surface area (Å²) in [6, 6.07) is 12.9. The van der Waals surface area contributed by atoms with Crippen LogP contribution in [0.3, 0.4) is 0 Å². The first kappa shape index (κ1) is 11.9. The zero-order valence-electron chi connectivity index (χ0n) is 9.31. The summed E-state index contributed by atoms with van der Waals surface area (Å²) < 4.78 is 6.72. The molecule has 2 nitrogen and oxygen atoms in total. The lowest BCUT2D eigenvalue weighted by atomic mass is 10.2. The Morgan fingerprint density at radius 3 is 2.47 bits per heavy atom. The van der Waals surface area contributed by atoms with E-state index in [0.717, 1.165) is 27.8 Å². The average Bonchev–Trinajstić information content (AvgIpc) is 2.35. The lowest BCUT2D eigenvalue weighted by Gasteiger charge is -2.09. The summed E-state index contributed by atoms with van der Waals surface area (Å²) in [7, 11) is 0. The Kier molecular flexibility index (Phi) is 3.59. The topological polar surface area (TPSA) is 26.3 Å². The molecule has 0 aliphatic carbocycles. The van der Waals surface area contributed by atoms with Gasteiger partial charge in [-0.1, -0.05) is 22.0 Å². The van der Waals surface area contributed by atoms with Crippen LogP contribution in [0.5, 0.6) is 11.5 Å². The van der Waals surface area contributed by atoms with E-state index in [1.54, 1.807) is 24.3 Å². The van der Waals surface area contributed by atoms with Gasteiger partial charge in [0.15, 0.2) is 0 Å². The van der Waals surface area contributed by atoms with Crippen molar-refractivity contribution in [3.05, 3.63) is 58.1 Å². The Morgan fingerprint density at radius 2 is 1.82 bits per heavy atom. The molecule has 0 saturated carbocycles. The third-order valence-electron chi connectivity index (χ3n) is 2.39. The molecule has 2 aromatic rings. The number of ether oxygens (including phenoxy) is 1. The van der Waals surface area contributed by atoms with Crippen molar-refractivity contribution in [1.29, 1.82) is 0 Å². The molecule has 0 fully saturated rings. The van der Waals surface area contributed by atoms with Crippen molar-refractivity contribution < 1.29 is 9.53 Å². The highest BCUT2D eigenvalue weighted by Gasteiger charge is 2.02. The second-order valence-corrected chi connectivity index (χ2v) is 4.61. The van der Waals surface area contributed by atoms with E-state index in [4.69, 9.17) is 4.74 Å². The zero-order chi connectivity index (χ0) is 12.3. The van der Waals surface area contributed by atoms with E-state index in [2.05, 4.69) is 15.9 Å². The molecule has 0 saturated heterocycles. The van der Waals surface area contributed by atoms with Crippen molar-refractivity contribution in [1.82, 2.24) is 0 Å². The number of benzene rings is 2. The third kappa shape index (κ3) is 2.94. The molecule has 0 unspecified atom stereocenters. The Morgan fingerprint density at radius 1 is 1.12 bits per heavy atom. The number of halogens is 1. The van der Waals surface area contributed by atoms with Crippen molar-refractivity contribution >= 4 is 22.2 Å². The van der Waals surface area contributed by atoms with Crippen LogP contribution in [0.1, 0.15) is 15.9 Å².